The lowest BCUT2D eigenvalue weighted by atomic mass is 9.85. The Labute approximate surface area is 118 Å². The molecule has 0 radical (unpaired) electrons. The molecule has 4 fully saturated rings. The van der Waals surface area contributed by atoms with Crippen molar-refractivity contribution in [3.8, 4) is 0 Å². The lowest BCUT2D eigenvalue weighted by Crippen LogP contribution is -2.34. The zero-order valence-corrected chi connectivity index (χ0v) is 12.4. The predicted octanol–water partition coefficient (Wildman–Crippen LogP) is 2.65. The smallest absolute Gasteiger partial charge is 0.0135 e. The molecule has 4 aliphatic rings. The first kappa shape index (κ1) is 12.6. The van der Waals surface area contributed by atoms with Crippen molar-refractivity contribution in [2.75, 3.05) is 19.6 Å². The van der Waals surface area contributed by atoms with Crippen LogP contribution in [-0.2, 0) is 0 Å². The summed E-state index contributed by atoms with van der Waals surface area (Å²) in [5.74, 6) is 6.27. The average molecular weight is 262 g/mol. The van der Waals surface area contributed by atoms with Gasteiger partial charge in [-0.15, -0.1) is 0 Å². The first-order valence-electron chi connectivity index (χ1n) is 8.78. The Balaban J connectivity index is 1.18. The first-order chi connectivity index (χ1) is 9.34. The molecule has 2 N–H and O–H groups in total. The third-order valence-electron chi connectivity index (χ3n) is 6.85. The summed E-state index contributed by atoms with van der Waals surface area (Å²) in [6.07, 6.45) is 8.91. The van der Waals surface area contributed by atoms with Crippen LogP contribution in [0, 0.1) is 35.5 Å². The molecular weight excluding hydrogens is 232 g/mol. The third-order valence-corrected chi connectivity index (χ3v) is 6.85. The summed E-state index contributed by atoms with van der Waals surface area (Å²) in [7, 11) is 0. The molecule has 4 rings (SSSR count). The summed E-state index contributed by atoms with van der Waals surface area (Å²) in [4.78, 5) is 0. The summed E-state index contributed by atoms with van der Waals surface area (Å²) in [5, 5.41) is 7.47. The summed E-state index contributed by atoms with van der Waals surface area (Å²) < 4.78 is 0. The number of hydrogen-bond acceptors (Lipinski definition) is 2. The fourth-order valence-electron chi connectivity index (χ4n) is 5.68. The Morgan fingerprint density at radius 3 is 2.63 bits per heavy atom. The normalized spacial score (nSPS) is 49.1. The minimum atomic E-state index is 0.899. The fourth-order valence-corrected chi connectivity index (χ4v) is 5.68. The monoisotopic (exact) mass is 262 g/mol. The highest BCUT2D eigenvalue weighted by molar-refractivity contribution is 5.16. The van der Waals surface area contributed by atoms with Crippen molar-refractivity contribution in [2.24, 2.45) is 35.5 Å². The number of piperidine rings is 1. The minimum absolute atomic E-state index is 0.899. The van der Waals surface area contributed by atoms with E-state index in [9.17, 15) is 0 Å². The second kappa shape index (κ2) is 5.04. The van der Waals surface area contributed by atoms with E-state index in [1.807, 2.05) is 0 Å². The number of rotatable bonds is 5. The van der Waals surface area contributed by atoms with Gasteiger partial charge in [0, 0.05) is 6.04 Å². The topological polar surface area (TPSA) is 24.1 Å². The van der Waals surface area contributed by atoms with Crippen molar-refractivity contribution in [1.82, 2.24) is 10.6 Å². The maximum absolute atomic E-state index is 3.91. The molecule has 2 nitrogen and oxygen atoms in total. The van der Waals surface area contributed by atoms with E-state index >= 15 is 0 Å². The molecule has 2 heteroatoms. The highest BCUT2D eigenvalue weighted by Gasteiger charge is 2.64. The van der Waals surface area contributed by atoms with Gasteiger partial charge in [0.05, 0.1) is 0 Å². The zero-order valence-electron chi connectivity index (χ0n) is 12.4. The molecule has 6 atom stereocenters. The van der Waals surface area contributed by atoms with Gasteiger partial charge in [-0.3, -0.25) is 0 Å². The Bertz CT molecular complexity index is 307. The van der Waals surface area contributed by atoms with E-state index in [4.69, 9.17) is 0 Å². The van der Waals surface area contributed by atoms with Crippen molar-refractivity contribution in [1.29, 1.82) is 0 Å². The van der Waals surface area contributed by atoms with Gasteiger partial charge in [-0.2, -0.15) is 0 Å². The molecule has 1 heterocycles. The molecule has 0 aromatic carbocycles. The highest BCUT2D eigenvalue weighted by Crippen LogP contribution is 2.65. The minimum Gasteiger partial charge on any atom is -0.316 e. The van der Waals surface area contributed by atoms with E-state index in [1.54, 1.807) is 19.3 Å². The van der Waals surface area contributed by atoms with Gasteiger partial charge in [0.2, 0.25) is 0 Å². The standard InChI is InChI=1S/C17H30N2/c1-11(14-3-2-7-18-10-14)6-8-19-17-15-12-4-5-13(9-12)16(15)17/h11-19H,2-10H2,1H3. The molecule has 1 aliphatic heterocycles. The molecule has 19 heavy (non-hydrogen) atoms. The zero-order chi connectivity index (χ0) is 12.8. The second-order valence-electron chi connectivity index (χ2n) is 7.84. The van der Waals surface area contributed by atoms with E-state index in [2.05, 4.69) is 17.6 Å². The third kappa shape index (κ3) is 2.25. The van der Waals surface area contributed by atoms with Gasteiger partial charge in [0.15, 0.2) is 0 Å². The van der Waals surface area contributed by atoms with Gasteiger partial charge in [-0.1, -0.05) is 6.92 Å². The van der Waals surface area contributed by atoms with Crippen LogP contribution in [0.1, 0.15) is 45.4 Å². The van der Waals surface area contributed by atoms with E-state index < -0.39 is 0 Å². The molecule has 0 amide bonds. The molecule has 6 unspecified atom stereocenters. The summed E-state index contributed by atoms with van der Waals surface area (Å²) in [6.45, 7) is 6.25. The lowest BCUT2D eigenvalue weighted by Gasteiger charge is -2.28. The molecular formula is C17H30N2. The number of fused-ring (bicyclic) bond motifs is 5. The summed E-state index contributed by atoms with van der Waals surface area (Å²) in [6, 6.07) is 0.933. The maximum Gasteiger partial charge on any atom is 0.0135 e. The van der Waals surface area contributed by atoms with Gasteiger partial charge in [-0.25, -0.2) is 0 Å². The Hall–Kier alpha value is -0.0800. The molecule has 1 saturated heterocycles. The number of nitrogens with one attached hydrogen (secondary N) is 2. The Kier molecular flexibility index (Phi) is 3.35. The van der Waals surface area contributed by atoms with Gasteiger partial charge >= 0.3 is 0 Å². The fraction of sp³-hybridized carbons (Fsp3) is 1.00. The van der Waals surface area contributed by atoms with Crippen LogP contribution in [0.5, 0.6) is 0 Å². The largest absolute Gasteiger partial charge is 0.316 e. The van der Waals surface area contributed by atoms with Crippen LogP contribution in [0.15, 0.2) is 0 Å². The lowest BCUT2D eigenvalue weighted by molar-refractivity contribution is 0.264. The summed E-state index contributed by atoms with van der Waals surface area (Å²) in [5.41, 5.74) is 0. The van der Waals surface area contributed by atoms with E-state index in [0.717, 1.165) is 41.5 Å². The molecule has 0 spiro atoms. The van der Waals surface area contributed by atoms with Crippen LogP contribution in [0.2, 0.25) is 0 Å². The molecule has 3 aliphatic carbocycles. The second-order valence-corrected chi connectivity index (χ2v) is 7.84. The Morgan fingerprint density at radius 2 is 1.95 bits per heavy atom. The van der Waals surface area contributed by atoms with E-state index in [0.29, 0.717) is 0 Å². The van der Waals surface area contributed by atoms with Crippen LogP contribution in [-0.4, -0.2) is 25.7 Å². The van der Waals surface area contributed by atoms with Gasteiger partial charge in [0.25, 0.3) is 0 Å². The summed E-state index contributed by atoms with van der Waals surface area (Å²) >= 11 is 0. The SMILES string of the molecule is CC(CCNC1C2C3CCC(C3)C12)C1CCCNC1. The highest BCUT2D eigenvalue weighted by atomic mass is 15.0. The number of hydrogen-bond donors (Lipinski definition) is 2. The average Bonchev–Trinajstić information content (AvgIpc) is 2.84. The molecule has 2 bridgehead atoms. The van der Waals surface area contributed by atoms with Crippen LogP contribution < -0.4 is 10.6 Å². The van der Waals surface area contributed by atoms with Gasteiger partial charge < -0.3 is 10.6 Å². The van der Waals surface area contributed by atoms with Crippen molar-refractivity contribution < 1.29 is 0 Å². The molecule has 0 aromatic heterocycles. The van der Waals surface area contributed by atoms with Crippen molar-refractivity contribution in [3.63, 3.8) is 0 Å². The molecule has 0 aromatic rings. The molecule has 3 saturated carbocycles. The quantitative estimate of drug-likeness (QED) is 0.796. The van der Waals surface area contributed by atoms with Gasteiger partial charge in [0.1, 0.15) is 0 Å². The van der Waals surface area contributed by atoms with Crippen LogP contribution in [0.3, 0.4) is 0 Å². The van der Waals surface area contributed by atoms with E-state index in [-0.39, 0.29) is 0 Å². The van der Waals surface area contributed by atoms with Crippen molar-refractivity contribution >= 4 is 0 Å². The van der Waals surface area contributed by atoms with E-state index in [1.165, 1.54) is 38.9 Å². The van der Waals surface area contributed by atoms with Crippen molar-refractivity contribution in [3.05, 3.63) is 0 Å². The Morgan fingerprint density at radius 1 is 1.16 bits per heavy atom. The van der Waals surface area contributed by atoms with Crippen LogP contribution >= 0.6 is 0 Å². The van der Waals surface area contributed by atoms with Crippen LogP contribution in [0.4, 0.5) is 0 Å². The predicted molar refractivity (Wildman–Crippen MR) is 79.0 cm³/mol. The molecule has 108 valence electrons. The van der Waals surface area contributed by atoms with Gasteiger partial charge in [-0.05, 0) is 93.7 Å². The van der Waals surface area contributed by atoms with Crippen molar-refractivity contribution in [2.45, 2.75) is 51.5 Å². The van der Waals surface area contributed by atoms with Crippen LogP contribution in [0.25, 0.3) is 0 Å². The first-order valence-corrected chi connectivity index (χ1v) is 8.78. The maximum atomic E-state index is 3.91.